The lowest BCUT2D eigenvalue weighted by atomic mass is 10.1. The molecule has 0 aromatic carbocycles. The molecule has 1 aromatic heterocycles. The summed E-state index contributed by atoms with van der Waals surface area (Å²) in [6, 6.07) is 0.235. The Labute approximate surface area is 101 Å². The second-order valence-electron chi connectivity index (χ2n) is 4.78. The Morgan fingerprint density at radius 2 is 2.50 bits per heavy atom. The van der Waals surface area contributed by atoms with Gasteiger partial charge in [-0.15, -0.1) is 0 Å². The van der Waals surface area contributed by atoms with E-state index >= 15 is 0 Å². The second-order valence-corrected chi connectivity index (χ2v) is 6.46. The summed E-state index contributed by atoms with van der Waals surface area (Å²) >= 11 is 2.08. The van der Waals surface area contributed by atoms with Crippen LogP contribution in [0.3, 0.4) is 0 Å². The van der Waals surface area contributed by atoms with E-state index in [1.165, 1.54) is 18.6 Å². The van der Waals surface area contributed by atoms with Crippen LogP contribution in [0, 0.1) is 0 Å². The van der Waals surface area contributed by atoms with Gasteiger partial charge in [-0.05, 0) is 32.4 Å². The zero-order chi connectivity index (χ0) is 11.6. The number of rotatable bonds is 4. The number of nitrogens with zero attached hydrogens (tertiary/aromatic N) is 3. The van der Waals surface area contributed by atoms with E-state index in [9.17, 15) is 0 Å². The molecule has 16 heavy (non-hydrogen) atoms. The number of aromatic nitrogens is 3. The Bertz CT molecular complexity index is 344. The highest BCUT2D eigenvalue weighted by Gasteiger charge is 2.29. The van der Waals surface area contributed by atoms with Gasteiger partial charge >= 0.3 is 0 Å². The predicted molar refractivity (Wildman–Crippen MR) is 67.5 cm³/mol. The number of hydrogen-bond acceptors (Lipinski definition) is 4. The zero-order valence-electron chi connectivity index (χ0n) is 10.2. The van der Waals surface area contributed by atoms with Crippen LogP contribution in [-0.4, -0.2) is 31.8 Å². The number of aryl methyl sites for hydroxylation is 1. The molecule has 1 aliphatic rings. The van der Waals surface area contributed by atoms with E-state index in [2.05, 4.69) is 41.0 Å². The van der Waals surface area contributed by atoms with Gasteiger partial charge in [0.05, 0.1) is 6.04 Å². The van der Waals surface area contributed by atoms with Crippen LogP contribution in [-0.2, 0) is 7.05 Å². The molecule has 1 aliphatic heterocycles. The van der Waals surface area contributed by atoms with Gasteiger partial charge in [-0.2, -0.15) is 16.9 Å². The first kappa shape index (κ1) is 11.9. The first-order valence-electron chi connectivity index (χ1n) is 5.82. The Hall–Kier alpha value is -0.550. The van der Waals surface area contributed by atoms with Crippen molar-refractivity contribution in [1.82, 2.24) is 20.1 Å². The lowest BCUT2D eigenvalue weighted by Crippen LogP contribution is -2.34. The summed E-state index contributed by atoms with van der Waals surface area (Å²) < 4.78 is 2.16. The van der Waals surface area contributed by atoms with E-state index in [0.29, 0.717) is 4.75 Å². The van der Waals surface area contributed by atoms with Crippen molar-refractivity contribution in [3.63, 3.8) is 0 Å². The molecule has 2 atom stereocenters. The van der Waals surface area contributed by atoms with Crippen LogP contribution in [0.1, 0.15) is 38.6 Å². The van der Waals surface area contributed by atoms with E-state index in [0.717, 1.165) is 12.4 Å². The maximum absolute atomic E-state index is 4.31. The molecular weight excluding hydrogens is 220 g/mol. The largest absolute Gasteiger partial charge is 0.306 e. The number of thioether (sulfide) groups is 1. The molecular formula is C11H20N4S. The SMILES string of the molecule is CC(NCC1(C)CCCS1)c1ncn(C)n1. The molecule has 0 bridgehead atoms. The lowest BCUT2D eigenvalue weighted by Gasteiger charge is -2.24. The molecule has 90 valence electrons. The average Bonchev–Trinajstić information content (AvgIpc) is 2.85. The van der Waals surface area contributed by atoms with Crippen molar-refractivity contribution in [2.75, 3.05) is 12.3 Å². The molecule has 4 nitrogen and oxygen atoms in total. The highest BCUT2D eigenvalue weighted by Crippen LogP contribution is 2.37. The normalized spacial score (nSPS) is 27.2. The van der Waals surface area contributed by atoms with Gasteiger partial charge in [0.1, 0.15) is 6.33 Å². The highest BCUT2D eigenvalue weighted by molar-refractivity contribution is 8.00. The van der Waals surface area contributed by atoms with Crippen LogP contribution in [0.25, 0.3) is 0 Å². The van der Waals surface area contributed by atoms with Gasteiger partial charge in [0.2, 0.25) is 0 Å². The van der Waals surface area contributed by atoms with Crippen molar-refractivity contribution in [3.05, 3.63) is 12.2 Å². The first-order chi connectivity index (χ1) is 7.59. The number of nitrogens with one attached hydrogen (secondary N) is 1. The topological polar surface area (TPSA) is 42.7 Å². The fourth-order valence-corrected chi connectivity index (χ4v) is 3.25. The molecule has 1 fully saturated rings. The summed E-state index contributed by atoms with van der Waals surface area (Å²) in [5.41, 5.74) is 0. The Kier molecular flexibility index (Phi) is 3.54. The number of hydrogen-bond donors (Lipinski definition) is 1. The molecule has 0 amide bonds. The third kappa shape index (κ3) is 2.77. The summed E-state index contributed by atoms with van der Waals surface area (Å²) in [7, 11) is 1.90. The van der Waals surface area contributed by atoms with Gasteiger partial charge in [0, 0.05) is 18.3 Å². The van der Waals surface area contributed by atoms with E-state index in [1.807, 2.05) is 7.05 Å². The van der Waals surface area contributed by atoms with Crippen molar-refractivity contribution >= 4 is 11.8 Å². The minimum absolute atomic E-state index is 0.235. The molecule has 1 saturated heterocycles. The van der Waals surface area contributed by atoms with Crippen LogP contribution < -0.4 is 5.32 Å². The molecule has 2 unspecified atom stereocenters. The fraction of sp³-hybridized carbons (Fsp3) is 0.818. The third-order valence-electron chi connectivity index (χ3n) is 3.09. The smallest absolute Gasteiger partial charge is 0.167 e. The Balaban J connectivity index is 1.86. The zero-order valence-corrected chi connectivity index (χ0v) is 11.0. The Morgan fingerprint density at radius 3 is 3.06 bits per heavy atom. The van der Waals surface area contributed by atoms with Crippen molar-refractivity contribution in [1.29, 1.82) is 0 Å². The van der Waals surface area contributed by atoms with Crippen molar-refractivity contribution in [2.45, 2.75) is 37.5 Å². The third-order valence-corrected chi connectivity index (χ3v) is 4.63. The predicted octanol–water partition coefficient (Wildman–Crippen LogP) is 1.75. The van der Waals surface area contributed by atoms with Gasteiger partial charge in [-0.1, -0.05) is 0 Å². The summed E-state index contributed by atoms with van der Waals surface area (Å²) in [4.78, 5) is 4.27. The summed E-state index contributed by atoms with van der Waals surface area (Å²) in [5.74, 6) is 2.18. The van der Waals surface area contributed by atoms with Gasteiger partial charge in [-0.3, -0.25) is 4.68 Å². The van der Waals surface area contributed by atoms with E-state index in [1.54, 1.807) is 11.0 Å². The summed E-state index contributed by atoms with van der Waals surface area (Å²) in [6.45, 7) is 5.51. The molecule has 0 radical (unpaired) electrons. The molecule has 0 aliphatic carbocycles. The van der Waals surface area contributed by atoms with Gasteiger partial charge in [0.15, 0.2) is 5.82 Å². The van der Waals surface area contributed by atoms with Gasteiger partial charge in [0.25, 0.3) is 0 Å². The monoisotopic (exact) mass is 240 g/mol. The molecule has 2 heterocycles. The molecule has 5 heteroatoms. The van der Waals surface area contributed by atoms with Crippen LogP contribution >= 0.6 is 11.8 Å². The molecule has 0 spiro atoms. The fourth-order valence-electron chi connectivity index (χ4n) is 1.99. The minimum atomic E-state index is 0.235. The van der Waals surface area contributed by atoms with Crippen molar-refractivity contribution in [2.24, 2.45) is 7.05 Å². The summed E-state index contributed by atoms with van der Waals surface area (Å²) in [6.07, 6.45) is 4.41. The van der Waals surface area contributed by atoms with E-state index in [4.69, 9.17) is 0 Å². The van der Waals surface area contributed by atoms with Gasteiger partial charge < -0.3 is 5.32 Å². The maximum Gasteiger partial charge on any atom is 0.167 e. The van der Waals surface area contributed by atoms with Crippen LogP contribution in [0.15, 0.2) is 6.33 Å². The molecule has 0 saturated carbocycles. The summed E-state index contributed by atoms with van der Waals surface area (Å²) in [5, 5.41) is 7.85. The minimum Gasteiger partial charge on any atom is -0.306 e. The second kappa shape index (κ2) is 4.75. The standard InChI is InChI=1S/C11H20N4S/c1-9(10-13-8-15(3)14-10)12-7-11(2)5-4-6-16-11/h8-9,12H,4-7H2,1-3H3. The molecule has 2 rings (SSSR count). The molecule has 1 aromatic rings. The molecule has 1 N–H and O–H groups in total. The first-order valence-corrected chi connectivity index (χ1v) is 6.80. The lowest BCUT2D eigenvalue weighted by molar-refractivity contribution is 0.476. The van der Waals surface area contributed by atoms with Crippen LogP contribution in [0.2, 0.25) is 0 Å². The quantitative estimate of drug-likeness (QED) is 0.870. The van der Waals surface area contributed by atoms with Crippen molar-refractivity contribution in [3.8, 4) is 0 Å². The van der Waals surface area contributed by atoms with Gasteiger partial charge in [-0.25, -0.2) is 4.98 Å². The van der Waals surface area contributed by atoms with E-state index < -0.39 is 0 Å². The van der Waals surface area contributed by atoms with Crippen LogP contribution in [0.4, 0.5) is 0 Å². The average molecular weight is 240 g/mol. The Morgan fingerprint density at radius 1 is 1.69 bits per heavy atom. The maximum atomic E-state index is 4.31. The van der Waals surface area contributed by atoms with Crippen molar-refractivity contribution < 1.29 is 0 Å². The van der Waals surface area contributed by atoms with E-state index in [-0.39, 0.29) is 6.04 Å². The highest BCUT2D eigenvalue weighted by atomic mass is 32.2. The van der Waals surface area contributed by atoms with Crippen LogP contribution in [0.5, 0.6) is 0 Å².